The largest absolute Gasteiger partial charge is 0.435 e. The quantitative estimate of drug-likeness (QED) is 0.875. The lowest BCUT2D eigenvalue weighted by Gasteiger charge is -2.08. The van der Waals surface area contributed by atoms with Crippen molar-refractivity contribution in [1.29, 1.82) is 0 Å². The Bertz CT molecular complexity index is 563. The third kappa shape index (κ3) is 2.95. The average Bonchev–Trinajstić information content (AvgIpc) is 2.27. The van der Waals surface area contributed by atoms with Gasteiger partial charge in [-0.25, -0.2) is 9.37 Å². The fourth-order valence-corrected chi connectivity index (χ4v) is 1.96. The summed E-state index contributed by atoms with van der Waals surface area (Å²) in [7, 11) is 0. The molecular formula is C11H7Br2FN2O. The molecule has 1 aromatic carbocycles. The predicted octanol–water partition coefficient (Wildman–Crippen LogP) is 4.12. The van der Waals surface area contributed by atoms with Gasteiger partial charge in [0.25, 0.3) is 0 Å². The highest BCUT2D eigenvalue weighted by atomic mass is 79.9. The number of halogens is 3. The molecule has 0 aliphatic heterocycles. The molecule has 0 bridgehead atoms. The summed E-state index contributed by atoms with van der Waals surface area (Å²) in [4.78, 5) is 3.97. The Hall–Kier alpha value is -1.14. The number of hydrogen-bond donors (Lipinski definition) is 1. The van der Waals surface area contributed by atoms with Crippen molar-refractivity contribution in [3.63, 3.8) is 0 Å². The maximum Gasteiger partial charge on any atom is 0.233 e. The molecule has 2 aromatic rings. The summed E-state index contributed by atoms with van der Waals surface area (Å²) in [5.74, 6) is -0.104. The topological polar surface area (TPSA) is 48.1 Å². The number of rotatable bonds is 2. The number of aromatic nitrogens is 1. The zero-order valence-electron chi connectivity index (χ0n) is 8.45. The number of nitrogen functional groups attached to an aromatic ring is 1. The molecule has 1 aromatic heterocycles. The van der Waals surface area contributed by atoms with Crippen LogP contribution >= 0.6 is 31.9 Å². The lowest BCUT2D eigenvalue weighted by atomic mass is 10.3. The van der Waals surface area contributed by atoms with Crippen LogP contribution in [0.1, 0.15) is 0 Å². The molecule has 0 aliphatic carbocycles. The van der Waals surface area contributed by atoms with Crippen molar-refractivity contribution in [2.75, 3.05) is 5.73 Å². The molecule has 88 valence electrons. The molecule has 2 N–H and O–H groups in total. The SMILES string of the molecule is Nc1cnc(Oc2cc(Br)ccc2F)c(Br)c1. The van der Waals surface area contributed by atoms with E-state index in [4.69, 9.17) is 10.5 Å². The van der Waals surface area contributed by atoms with Crippen LogP contribution < -0.4 is 10.5 Å². The number of benzene rings is 1. The minimum atomic E-state index is -0.460. The van der Waals surface area contributed by atoms with E-state index in [-0.39, 0.29) is 11.6 Å². The molecule has 0 unspecified atom stereocenters. The van der Waals surface area contributed by atoms with Gasteiger partial charge in [0.1, 0.15) is 0 Å². The van der Waals surface area contributed by atoms with Gasteiger partial charge in [0.15, 0.2) is 11.6 Å². The van der Waals surface area contributed by atoms with Gasteiger partial charge >= 0.3 is 0 Å². The molecule has 3 nitrogen and oxygen atoms in total. The molecule has 1 heterocycles. The Morgan fingerprint density at radius 3 is 2.71 bits per heavy atom. The van der Waals surface area contributed by atoms with Crippen molar-refractivity contribution in [1.82, 2.24) is 4.98 Å². The van der Waals surface area contributed by atoms with Crippen molar-refractivity contribution in [3.8, 4) is 11.6 Å². The molecule has 17 heavy (non-hydrogen) atoms. The van der Waals surface area contributed by atoms with Crippen LogP contribution in [0.15, 0.2) is 39.4 Å². The third-order valence-corrected chi connectivity index (χ3v) is 2.99. The highest BCUT2D eigenvalue weighted by Gasteiger charge is 2.09. The summed E-state index contributed by atoms with van der Waals surface area (Å²) < 4.78 is 20.1. The first-order valence-electron chi connectivity index (χ1n) is 4.60. The summed E-state index contributed by atoms with van der Waals surface area (Å²) in [5.41, 5.74) is 6.04. The summed E-state index contributed by atoms with van der Waals surface area (Å²) >= 11 is 6.49. The van der Waals surface area contributed by atoms with E-state index in [1.165, 1.54) is 18.3 Å². The maximum absolute atomic E-state index is 13.5. The van der Waals surface area contributed by atoms with Crippen molar-refractivity contribution < 1.29 is 9.13 Å². The molecule has 0 spiro atoms. The Morgan fingerprint density at radius 1 is 1.24 bits per heavy atom. The van der Waals surface area contributed by atoms with E-state index in [0.717, 1.165) is 4.47 Å². The van der Waals surface area contributed by atoms with Crippen LogP contribution in [-0.4, -0.2) is 4.98 Å². The van der Waals surface area contributed by atoms with E-state index < -0.39 is 5.82 Å². The van der Waals surface area contributed by atoms with E-state index >= 15 is 0 Å². The van der Waals surface area contributed by atoms with Gasteiger partial charge in [-0.15, -0.1) is 0 Å². The first-order chi connectivity index (χ1) is 8.06. The highest BCUT2D eigenvalue weighted by molar-refractivity contribution is 9.10. The second-order valence-corrected chi connectivity index (χ2v) is 5.00. The molecule has 0 saturated carbocycles. The lowest BCUT2D eigenvalue weighted by molar-refractivity contribution is 0.425. The van der Waals surface area contributed by atoms with Gasteiger partial charge in [0.2, 0.25) is 5.88 Å². The Balaban J connectivity index is 2.34. The number of anilines is 1. The van der Waals surface area contributed by atoms with E-state index in [1.54, 1.807) is 12.1 Å². The van der Waals surface area contributed by atoms with Crippen molar-refractivity contribution in [3.05, 3.63) is 45.2 Å². The maximum atomic E-state index is 13.5. The average molecular weight is 362 g/mol. The minimum absolute atomic E-state index is 0.0948. The van der Waals surface area contributed by atoms with Gasteiger partial charge < -0.3 is 10.5 Å². The number of pyridine rings is 1. The second kappa shape index (κ2) is 5.01. The van der Waals surface area contributed by atoms with Gasteiger partial charge in [-0.2, -0.15) is 0 Å². The second-order valence-electron chi connectivity index (χ2n) is 3.23. The molecule has 0 amide bonds. The van der Waals surface area contributed by atoms with Crippen LogP contribution in [0.2, 0.25) is 0 Å². The van der Waals surface area contributed by atoms with Gasteiger partial charge in [-0.3, -0.25) is 0 Å². The van der Waals surface area contributed by atoms with Crippen molar-refractivity contribution in [2.24, 2.45) is 0 Å². The van der Waals surface area contributed by atoms with Crippen LogP contribution in [0.4, 0.5) is 10.1 Å². The summed E-state index contributed by atoms with van der Waals surface area (Å²) in [5, 5.41) is 0. The van der Waals surface area contributed by atoms with E-state index in [9.17, 15) is 4.39 Å². The van der Waals surface area contributed by atoms with E-state index in [2.05, 4.69) is 36.8 Å². The van der Waals surface area contributed by atoms with Crippen LogP contribution in [0.3, 0.4) is 0 Å². The van der Waals surface area contributed by atoms with Gasteiger partial charge in [0, 0.05) is 4.47 Å². The summed E-state index contributed by atoms with van der Waals surface area (Å²) in [6, 6.07) is 6.07. The van der Waals surface area contributed by atoms with Crippen LogP contribution in [0.25, 0.3) is 0 Å². The van der Waals surface area contributed by atoms with Crippen LogP contribution in [-0.2, 0) is 0 Å². The predicted molar refractivity (Wildman–Crippen MR) is 70.5 cm³/mol. The normalized spacial score (nSPS) is 10.3. The molecule has 0 fully saturated rings. The smallest absolute Gasteiger partial charge is 0.233 e. The lowest BCUT2D eigenvalue weighted by Crippen LogP contribution is -1.94. The zero-order chi connectivity index (χ0) is 12.4. The summed E-state index contributed by atoms with van der Waals surface area (Å²) in [6.07, 6.45) is 1.44. The van der Waals surface area contributed by atoms with Gasteiger partial charge in [-0.05, 0) is 40.2 Å². The first kappa shape index (κ1) is 12.3. The number of hydrogen-bond acceptors (Lipinski definition) is 3. The minimum Gasteiger partial charge on any atom is -0.435 e. The number of ether oxygens (including phenoxy) is 1. The summed E-state index contributed by atoms with van der Waals surface area (Å²) in [6.45, 7) is 0. The molecule has 0 atom stereocenters. The number of nitrogens with zero attached hydrogens (tertiary/aromatic N) is 1. The van der Waals surface area contributed by atoms with Gasteiger partial charge in [-0.1, -0.05) is 15.9 Å². The Morgan fingerprint density at radius 2 is 2.00 bits per heavy atom. The Kier molecular flexibility index (Phi) is 3.63. The van der Waals surface area contributed by atoms with E-state index in [1.807, 2.05) is 0 Å². The zero-order valence-corrected chi connectivity index (χ0v) is 11.6. The van der Waals surface area contributed by atoms with E-state index in [0.29, 0.717) is 10.2 Å². The van der Waals surface area contributed by atoms with Gasteiger partial charge in [0.05, 0.1) is 16.4 Å². The molecule has 0 radical (unpaired) electrons. The molecular weight excluding hydrogens is 355 g/mol. The van der Waals surface area contributed by atoms with Crippen molar-refractivity contribution in [2.45, 2.75) is 0 Å². The third-order valence-electron chi connectivity index (χ3n) is 1.93. The fourth-order valence-electron chi connectivity index (χ4n) is 1.17. The monoisotopic (exact) mass is 360 g/mol. The van der Waals surface area contributed by atoms with Crippen LogP contribution in [0.5, 0.6) is 11.6 Å². The Labute approximate surface area is 114 Å². The standard InChI is InChI=1S/C11H7Br2FN2O/c12-6-1-2-9(14)10(3-6)17-11-8(13)4-7(15)5-16-11/h1-5H,15H2. The van der Waals surface area contributed by atoms with Crippen molar-refractivity contribution >= 4 is 37.5 Å². The highest BCUT2D eigenvalue weighted by Crippen LogP contribution is 2.31. The fraction of sp³-hybridized carbons (Fsp3) is 0. The molecule has 0 aliphatic rings. The first-order valence-corrected chi connectivity index (χ1v) is 6.19. The molecule has 2 rings (SSSR count). The van der Waals surface area contributed by atoms with Crippen LogP contribution in [0, 0.1) is 5.82 Å². The molecule has 6 heteroatoms. The molecule has 0 saturated heterocycles. The number of nitrogens with two attached hydrogens (primary N) is 1.